The number of carbonyl (C=O) groups excluding carboxylic acids is 3. The lowest BCUT2D eigenvalue weighted by molar-refractivity contribution is -0.254. The minimum atomic E-state index is -4.95. The van der Waals surface area contributed by atoms with E-state index in [0.29, 0.717) is 19.3 Å². The Labute approximate surface area is 276 Å². The highest BCUT2D eigenvalue weighted by Gasteiger charge is 2.50. The largest absolute Gasteiger partial charge is 0.462 e. The smallest absolute Gasteiger partial charge is 0.397 e. The van der Waals surface area contributed by atoms with Gasteiger partial charge in [-0.05, 0) is 25.7 Å². The molecule has 0 aromatic heterocycles. The van der Waals surface area contributed by atoms with Crippen molar-refractivity contribution < 1.29 is 56.0 Å². The third-order valence-electron chi connectivity index (χ3n) is 7.98. The minimum absolute atomic E-state index is 0.0328. The number of unbranched alkanes of at least 4 members (excludes halogenated alkanes) is 12. The Morgan fingerprint density at radius 1 is 0.826 bits per heavy atom. The van der Waals surface area contributed by atoms with Crippen LogP contribution in [0.3, 0.4) is 0 Å². The van der Waals surface area contributed by atoms with Crippen molar-refractivity contribution in [2.75, 3.05) is 6.61 Å². The first kappa shape index (κ1) is 40.3. The van der Waals surface area contributed by atoms with Crippen LogP contribution in [-0.2, 0) is 43.2 Å². The van der Waals surface area contributed by atoms with Crippen LogP contribution in [0, 0.1) is 0 Å². The molecule has 4 N–H and O–H groups in total. The highest BCUT2D eigenvalue weighted by atomic mass is 32.3. The van der Waals surface area contributed by atoms with E-state index in [9.17, 15) is 33.0 Å². The van der Waals surface area contributed by atoms with Crippen molar-refractivity contribution in [2.45, 2.75) is 180 Å². The summed E-state index contributed by atoms with van der Waals surface area (Å²) in [5.74, 6) is -1.84. The van der Waals surface area contributed by atoms with Gasteiger partial charge in [-0.1, -0.05) is 97.8 Å². The number of amides is 1. The van der Waals surface area contributed by atoms with E-state index in [1.54, 1.807) is 0 Å². The van der Waals surface area contributed by atoms with Gasteiger partial charge in [0.1, 0.15) is 24.4 Å². The van der Waals surface area contributed by atoms with Gasteiger partial charge >= 0.3 is 22.3 Å². The number of aliphatic hydroxyl groups is 2. The van der Waals surface area contributed by atoms with Gasteiger partial charge in [0.25, 0.3) is 0 Å². The zero-order valence-corrected chi connectivity index (χ0v) is 28.8. The Morgan fingerprint density at radius 3 is 1.93 bits per heavy atom. The van der Waals surface area contributed by atoms with Crippen LogP contribution in [0.15, 0.2) is 0 Å². The highest BCUT2D eigenvalue weighted by Crippen LogP contribution is 2.27. The Hall–Kier alpha value is -1.84. The number of ether oxygens (including phenoxy) is 3. The van der Waals surface area contributed by atoms with E-state index >= 15 is 0 Å². The number of aliphatic hydroxyl groups excluding tert-OH is 2. The van der Waals surface area contributed by atoms with Crippen LogP contribution in [0.1, 0.15) is 143 Å². The number of rotatable bonds is 27. The molecule has 0 spiro atoms. The molecule has 1 heterocycles. The van der Waals surface area contributed by atoms with E-state index < -0.39 is 71.6 Å². The summed E-state index contributed by atoms with van der Waals surface area (Å²) in [6.45, 7) is 5.30. The summed E-state index contributed by atoms with van der Waals surface area (Å²) in [6, 6.07) is -1.53. The van der Waals surface area contributed by atoms with Crippen molar-refractivity contribution in [3.8, 4) is 0 Å². The molecule has 46 heavy (non-hydrogen) atoms. The van der Waals surface area contributed by atoms with Crippen LogP contribution in [0.2, 0.25) is 0 Å². The first-order valence-corrected chi connectivity index (χ1v) is 18.6. The van der Waals surface area contributed by atoms with E-state index in [0.717, 1.165) is 51.4 Å². The molecule has 1 rings (SSSR count). The van der Waals surface area contributed by atoms with Gasteiger partial charge in [0, 0.05) is 12.8 Å². The zero-order valence-electron chi connectivity index (χ0n) is 29.0. The molecule has 1 fully saturated rings. The quantitative estimate of drug-likeness (QED) is 0.0532. The summed E-state index contributed by atoms with van der Waals surface area (Å²) in [4.78, 5) is 38.6. The third kappa shape index (κ3) is 18.5. The highest BCUT2D eigenvalue weighted by molar-refractivity contribution is 7.80. The van der Waals surface area contributed by atoms with Gasteiger partial charge < -0.3 is 29.7 Å². The topological polar surface area (TPSA) is 195 Å². The molecule has 1 unspecified atom stereocenters. The van der Waals surface area contributed by atoms with Crippen LogP contribution in [0.25, 0.3) is 1.43 Å². The lowest BCUT2D eigenvalue weighted by Gasteiger charge is -2.43. The van der Waals surface area contributed by atoms with Gasteiger partial charge in [-0.3, -0.25) is 18.9 Å². The molecular weight excluding hydrogens is 622 g/mol. The molecule has 6 atom stereocenters. The van der Waals surface area contributed by atoms with Gasteiger partial charge in [0.05, 0.1) is 13.0 Å². The minimum Gasteiger partial charge on any atom is -0.462 e. The second kappa shape index (κ2) is 24.3. The fourth-order valence-corrected chi connectivity index (χ4v) is 5.95. The number of hydrogen-bond donors (Lipinski definition) is 4. The number of nitrogens with one attached hydrogen (secondary N) is 1. The average molecular weight is 683 g/mol. The van der Waals surface area contributed by atoms with Gasteiger partial charge in [-0.25, -0.2) is 4.18 Å². The number of esters is 2. The summed E-state index contributed by atoms with van der Waals surface area (Å²) in [5.41, 5.74) is 0. The second-order valence-electron chi connectivity index (χ2n) is 12.1. The van der Waals surface area contributed by atoms with E-state index in [4.69, 9.17) is 19.8 Å². The van der Waals surface area contributed by atoms with Crippen molar-refractivity contribution in [3.05, 3.63) is 0 Å². The maximum Gasteiger partial charge on any atom is 0.397 e. The molecule has 1 aliphatic heterocycles. The number of carbonyl (C=O) groups is 3. The Morgan fingerprint density at radius 2 is 1.37 bits per heavy atom. The SMILES string of the molecule is [2H]OS(=O)(=O)O[C@H]1[C@H](OC(=O)CCCCC)[C@@H](NC(=O)C[C@@H](CCCCCCCCCCC)OC(=O)CCCCC)C(O)O[C@@H]1CO. The fraction of sp³-hybridized carbons (Fsp3) is 0.906. The van der Waals surface area contributed by atoms with Gasteiger partial charge in [-0.2, -0.15) is 8.42 Å². The van der Waals surface area contributed by atoms with E-state index in [-0.39, 0.29) is 19.3 Å². The van der Waals surface area contributed by atoms with Crippen LogP contribution in [-0.4, -0.2) is 84.4 Å². The molecule has 0 radical (unpaired) electrons. The molecular formula is C32H59NO12S. The van der Waals surface area contributed by atoms with Gasteiger partial charge in [0.2, 0.25) is 7.34 Å². The van der Waals surface area contributed by atoms with E-state index in [1.165, 1.54) is 32.1 Å². The molecule has 270 valence electrons. The summed E-state index contributed by atoms with van der Waals surface area (Å²) < 4.78 is 55.9. The van der Waals surface area contributed by atoms with Crippen LogP contribution < -0.4 is 5.32 Å². The molecule has 0 aromatic carbocycles. The summed E-state index contributed by atoms with van der Waals surface area (Å²) >= 11 is 0. The molecule has 0 saturated carbocycles. The Bertz CT molecular complexity index is 985. The zero-order chi connectivity index (χ0) is 35.1. The first-order chi connectivity index (χ1) is 22.5. The molecule has 1 amide bonds. The molecule has 0 aliphatic carbocycles. The second-order valence-corrected chi connectivity index (χ2v) is 13.1. The molecule has 0 bridgehead atoms. The molecule has 1 saturated heterocycles. The standard InChI is InChI=1S/C32H59NO12S/c1-4-7-10-11-12-13-14-15-18-19-24(42-27(36)20-16-8-5-2)22-26(35)33-29-31(44-28(37)21-17-9-6-3)30(45-46(39,40)41)25(23-34)43-32(29)38/h24-25,29-32,34,38H,4-23H2,1-3H3,(H,33,35)(H,39,40,41)/t24-,25-,29-,30-,31-,32?/m1/s1/i/hD. The fourth-order valence-electron chi connectivity index (χ4n) is 5.44. The van der Waals surface area contributed by atoms with Gasteiger partial charge in [0.15, 0.2) is 12.4 Å². The summed E-state index contributed by atoms with van der Waals surface area (Å²) in [5, 5.41) is 23.2. The maximum atomic E-state index is 13.3. The first-order valence-electron chi connectivity index (χ1n) is 17.6. The predicted molar refractivity (Wildman–Crippen MR) is 171 cm³/mol. The normalized spacial score (nSPS) is 22.5. The van der Waals surface area contributed by atoms with Crippen molar-refractivity contribution in [2.24, 2.45) is 0 Å². The van der Waals surface area contributed by atoms with E-state index in [2.05, 4.69) is 16.8 Å². The van der Waals surface area contributed by atoms with Crippen molar-refractivity contribution in [1.82, 2.24) is 5.32 Å². The lowest BCUT2D eigenvalue weighted by Crippen LogP contribution is -2.66. The van der Waals surface area contributed by atoms with Crippen LogP contribution in [0.4, 0.5) is 0 Å². The number of hydrogen-bond acceptors (Lipinski definition) is 12. The van der Waals surface area contributed by atoms with Crippen LogP contribution >= 0.6 is 0 Å². The Balaban J connectivity index is 3.04. The molecule has 14 heteroatoms. The summed E-state index contributed by atoms with van der Waals surface area (Å²) in [6.07, 6.45) is 7.22. The van der Waals surface area contributed by atoms with Crippen molar-refractivity contribution >= 4 is 28.2 Å². The maximum absolute atomic E-state index is 13.3. The Kier molecular flexibility index (Phi) is 21.3. The molecule has 13 nitrogen and oxygen atoms in total. The molecule has 1 aliphatic rings. The van der Waals surface area contributed by atoms with Gasteiger partial charge in [-0.15, -0.1) is 0 Å². The van der Waals surface area contributed by atoms with Crippen molar-refractivity contribution in [1.29, 1.82) is 1.43 Å². The van der Waals surface area contributed by atoms with Crippen LogP contribution in [0.5, 0.6) is 0 Å². The molecule has 0 aromatic rings. The average Bonchev–Trinajstić information content (AvgIpc) is 3.03. The summed E-state index contributed by atoms with van der Waals surface area (Å²) in [7, 11) is -4.95. The third-order valence-corrected chi connectivity index (χ3v) is 8.44. The predicted octanol–water partition coefficient (Wildman–Crippen LogP) is 4.66. The lowest BCUT2D eigenvalue weighted by atomic mass is 9.96. The monoisotopic (exact) mass is 682 g/mol. The van der Waals surface area contributed by atoms with E-state index in [1.807, 2.05) is 13.8 Å². The van der Waals surface area contributed by atoms with Crippen molar-refractivity contribution in [3.63, 3.8) is 0 Å².